The largest absolute Gasteiger partial charge is 0.496 e. The number of halogens is 1. The van der Waals surface area contributed by atoms with Gasteiger partial charge in [-0.25, -0.2) is 4.79 Å². The number of hydrogen-bond donors (Lipinski definition) is 1. The zero-order valence-corrected chi connectivity index (χ0v) is 15.8. The molecular formula is C19H26ClNO4. The molecule has 6 heteroatoms. The third kappa shape index (κ3) is 4.46. The van der Waals surface area contributed by atoms with Crippen LogP contribution in [0.4, 0.5) is 0 Å². The van der Waals surface area contributed by atoms with E-state index in [-0.39, 0.29) is 11.9 Å². The number of hydrogen-bond acceptors (Lipinski definition) is 4. The summed E-state index contributed by atoms with van der Waals surface area (Å²) in [5.74, 6) is -0.460. The minimum absolute atomic E-state index is 0.212. The van der Waals surface area contributed by atoms with E-state index in [9.17, 15) is 9.59 Å². The number of esters is 1. The van der Waals surface area contributed by atoms with Gasteiger partial charge in [-0.05, 0) is 38.8 Å². The first-order valence-corrected chi connectivity index (χ1v) is 9.14. The summed E-state index contributed by atoms with van der Waals surface area (Å²) in [7, 11) is 1.54. The molecule has 1 fully saturated rings. The van der Waals surface area contributed by atoms with Gasteiger partial charge in [-0.2, -0.15) is 0 Å². The van der Waals surface area contributed by atoms with Gasteiger partial charge in [0, 0.05) is 10.6 Å². The van der Waals surface area contributed by atoms with Gasteiger partial charge >= 0.3 is 5.97 Å². The molecule has 1 aromatic rings. The van der Waals surface area contributed by atoms with Crippen LogP contribution in [0.1, 0.15) is 57.4 Å². The van der Waals surface area contributed by atoms with Crippen LogP contribution >= 0.6 is 11.6 Å². The molecular weight excluding hydrogens is 342 g/mol. The molecule has 0 spiro atoms. The molecule has 0 saturated heterocycles. The number of rotatable bonds is 6. The van der Waals surface area contributed by atoms with Crippen LogP contribution in [0.25, 0.3) is 0 Å². The van der Waals surface area contributed by atoms with Gasteiger partial charge in [-0.1, -0.05) is 36.9 Å². The zero-order chi connectivity index (χ0) is 18.4. The van der Waals surface area contributed by atoms with E-state index in [0.29, 0.717) is 30.2 Å². The Labute approximate surface area is 154 Å². The molecule has 1 aliphatic rings. The van der Waals surface area contributed by atoms with Crippen molar-refractivity contribution in [3.05, 3.63) is 28.8 Å². The molecule has 1 aliphatic carbocycles. The molecule has 2 rings (SSSR count). The highest BCUT2D eigenvalue weighted by Crippen LogP contribution is 2.33. The van der Waals surface area contributed by atoms with Gasteiger partial charge in [0.05, 0.1) is 19.6 Å². The van der Waals surface area contributed by atoms with Crippen LogP contribution < -0.4 is 10.1 Å². The number of methoxy groups -OCH3 is 1. The van der Waals surface area contributed by atoms with E-state index in [1.807, 2.05) is 0 Å². The van der Waals surface area contributed by atoms with E-state index in [1.165, 1.54) is 0 Å². The fourth-order valence-electron chi connectivity index (χ4n) is 3.33. The minimum atomic E-state index is -0.917. The summed E-state index contributed by atoms with van der Waals surface area (Å²) >= 11 is 5.99. The van der Waals surface area contributed by atoms with Crippen molar-refractivity contribution in [2.45, 2.75) is 57.4 Å². The monoisotopic (exact) mass is 367 g/mol. The van der Waals surface area contributed by atoms with Gasteiger partial charge in [0.2, 0.25) is 5.91 Å². The average molecular weight is 368 g/mol. The Morgan fingerprint density at radius 2 is 1.96 bits per heavy atom. The lowest BCUT2D eigenvalue weighted by atomic mass is 9.81. The van der Waals surface area contributed by atoms with Crippen molar-refractivity contribution >= 4 is 23.5 Å². The molecule has 0 heterocycles. The molecule has 25 heavy (non-hydrogen) atoms. The molecule has 0 aliphatic heterocycles. The minimum Gasteiger partial charge on any atom is -0.496 e. The first kappa shape index (κ1) is 19.6. The van der Waals surface area contributed by atoms with Gasteiger partial charge in [0.25, 0.3) is 0 Å². The van der Waals surface area contributed by atoms with Crippen molar-refractivity contribution in [3.8, 4) is 5.75 Å². The third-order valence-electron chi connectivity index (χ3n) is 4.79. The molecule has 0 bridgehead atoms. The predicted octanol–water partition coefficient (Wildman–Crippen LogP) is 3.83. The lowest BCUT2D eigenvalue weighted by Crippen LogP contribution is -2.57. The topological polar surface area (TPSA) is 64.6 Å². The highest BCUT2D eigenvalue weighted by atomic mass is 35.5. The molecule has 138 valence electrons. The molecule has 0 aromatic heterocycles. The zero-order valence-electron chi connectivity index (χ0n) is 15.1. The Morgan fingerprint density at radius 3 is 2.56 bits per heavy atom. The van der Waals surface area contributed by atoms with Gasteiger partial charge < -0.3 is 14.8 Å². The van der Waals surface area contributed by atoms with Crippen LogP contribution in [-0.4, -0.2) is 31.1 Å². The molecule has 1 N–H and O–H groups in total. The van der Waals surface area contributed by atoms with Crippen molar-refractivity contribution in [1.29, 1.82) is 0 Å². The second-order valence-corrected chi connectivity index (χ2v) is 6.90. The molecule has 1 atom stereocenters. The van der Waals surface area contributed by atoms with Crippen molar-refractivity contribution < 1.29 is 19.1 Å². The van der Waals surface area contributed by atoms with Crippen LogP contribution in [0, 0.1) is 0 Å². The standard InChI is InChI=1S/C19H26ClNO4/c1-4-25-18(23)19(10-6-5-7-11-19)21-17(22)13(2)15-9-8-14(20)12-16(15)24-3/h8-9,12-13H,4-7,10-11H2,1-3H3,(H,21,22). The van der Waals surface area contributed by atoms with E-state index >= 15 is 0 Å². The van der Waals surface area contributed by atoms with Crippen molar-refractivity contribution in [3.63, 3.8) is 0 Å². The summed E-state index contributed by atoms with van der Waals surface area (Å²) in [6.07, 6.45) is 4.09. The SMILES string of the molecule is CCOC(=O)C1(NC(=O)C(C)c2ccc(Cl)cc2OC)CCCCC1. The Hall–Kier alpha value is -1.75. The Kier molecular flexibility index (Phi) is 6.71. The van der Waals surface area contributed by atoms with Crippen LogP contribution in [0.3, 0.4) is 0 Å². The maximum absolute atomic E-state index is 12.9. The summed E-state index contributed by atoms with van der Waals surface area (Å²) in [4.78, 5) is 25.4. The first-order chi connectivity index (χ1) is 11.9. The molecule has 1 aromatic carbocycles. The molecule has 0 radical (unpaired) electrons. The summed E-state index contributed by atoms with van der Waals surface area (Å²) in [6, 6.07) is 5.19. The smallest absolute Gasteiger partial charge is 0.331 e. The van der Waals surface area contributed by atoms with Crippen LogP contribution in [0.5, 0.6) is 5.75 Å². The van der Waals surface area contributed by atoms with E-state index in [2.05, 4.69) is 5.32 Å². The first-order valence-electron chi connectivity index (χ1n) is 8.76. The second-order valence-electron chi connectivity index (χ2n) is 6.46. The Morgan fingerprint density at radius 1 is 1.28 bits per heavy atom. The lowest BCUT2D eigenvalue weighted by Gasteiger charge is -2.36. The summed E-state index contributed by atoms with van der Waals surface area (Å²) < 4.78 is 10.6. The van der Waals surface area contributed by atoms with Gasteiger partial charge in [-0.3, -0.25) is 4.79 Å². The van der Waals surface area contributed by atoms with Gasteiger partial charge in [0.1, 0.15) is 11.3 Å². The lowest BCUT2D eigenvalue weighted by molar-refractivity contribution is -0.155. The highest BCUT2D eigenvalue weighted by molar-refractivity contribution is 6.30. The second kappa shape index (κ2) is 8.56. The Balaban J connectivity index is 2.21. The van der Waals surface area contributed by atoms with Crippen LogP contribution in [0.15, 0.2) is 18.2 Å². The quantitative estimate of drug-likeness (QED) is 0.776. The number of benzene rings is 1. The predicted molar refractivity (Wildman–Crippen MR) is 97.0 cm³/mol. The van der Waals surface area contributed by atoms with Gasteiger partial charge in [0.15, 0.2) is 0 Å². The average Bonchev–Trinajstić information content (AvgIpc) is 2.61. The van der Waals surface area contributed by atoms with E-state index in [1.54, 1.807) is 39.2 Å². The third-order valence-corrected chi connectivity index (χ3v) is 5.03. The van der Waals surface area contributed by atoms with E-state index in [0.717, 1.165) is 24.8 Å². The normalized spacial score (nSPS) is 17.4. The van der Waals surface area contributed by atoms with Crippen LogP contribution in [0.2, 0.25) is 5.02 Å². The molecule has 1 amide bonds. The summed E-state index contributed by atoms with van der Waals surface area (Å²) in [5.41, 5.74) is -0.182. The number of amides is 1. The molecule has 1 saturated carbocycles. The van der Waals surface area contributed by atoms with Crippen molar-refractivity contribution in [1.82, 2.24) is 5.32 Å². The molecule has 5 nitrogen and oxygen atoms in total. The van der Waals surface area contributed by atoms with E-state index in [4.69, 9.17) is 21.1 Å². The number of carbonyl (C=O) groups is 2. The van der Waals surface area contributed by atoms with Crippen molar-refractivity contribution in [2.24, 2.45) is 0 Å². The number of ether oxygens (including phenoxy) is 2. The van der Waals surface area contributed by atoms with Gasteiger partial charge in [-0.15, -0.1) is 0 Å². The highest BCUT2D eigenvalue weighted by Gasteiger charge is 2.43. The summed E-state index contributed by atoms with van der Waals surface area (Å²) in [5, 5.41) is 3.52. The maximum atomic E-state index is 12.9. The fraction of sp³-hybridized carbons (Fsp3) is 0.579. The number of carbonyl (C=O) groups excluding carboxylic acids is 2. The maximum Gasteiger partial charge on any atom is 0.331 e. The molecule has 1 unspecified atom stereocenters. The van der Waals surface area contributed by atoms with Crippen molar-refractivity contribution in [2.75, 3.05) is 13.7 Å². The summed E-state index contributed by atoms with van der Waals surface area (Å²) in [6.45, 7) is 3.87. The van der Waals surface area contributed by atoms with E-state index < -0.39 is 11.5 Å². The van der Waals surface area contributed by atoms with Crippen LogP contribution in [-0.2, 0) is 14.3 Å². The Bertz CT molecular complexity index is 626. The number of nitrogens with one attached hydrogen (secondary N) is 1. The fourth-order valence-corrected chi connectivity index (χ4v) is 3.49.